The molecular weight excluding hydrogens is 289 g/mol. The van der Waals surface area contributed by atoms with Crippen molar-refractivity contribution in [3.63, 3.8) is 0 Å². The van der Waals surface area contributed by atoms with E-state index in [4.69, 9.17) is 10.8 Å². The molecule has 0 bridgehead atoms. The number of nitrogens with zero attached hydrogens (tertiary/aromatic N) is 2. The van der Waals surface area contributed by atoms with Gasteiger partial charge in [0.1, 0.15) is 5.82 Å². The maximum Gasteiger partial charge on any atom is 0.123 e. The monoisotopic (exact) mass is 311 g/mol. The molecule has 1 aliphatic rings. The van der Waals surface area contributed by atoms with Gasteiger partial charge >= 0.3 is 0 Å². The van der Waals surface area contributed by atoms with Gasteiger partial charge in [-0.3, -0.25) is 5.01 Å². The Labute approximate surface area is 136 Å². The SMILES string of the molecule is Cc1ccc(N2N=C(CCN)CC2c2ccc(F)cc2)cc1C. The van der Waals surface area contributed by atoms with E-state index < -0.39 is 0 Å². The second-order valence-corrected chi connectivity index (χ2v) is 6.09. The molecule has 0 saturated heterocycles. The summed E-state index contributed by atoms with van der Waals surface area (Å²) in [7, 11) is 0. The Bertz CT molecular complexity index is 722. The highest BCUT2D eigenvalue weighted by molar-refractivity contribution is 5.89. The quantitative estimate of drug-likeness (QED) is 0.923. The third-order valence-corrected chi connectivity index (χ3v) is 4.42. The number of hydrazone groups is 1. The summed E-state index contributed by atoms with van der Waals surface area (Å²) in [6.07, 6.45) is 1.62. The fourth-order valence-corrected chi connectivity index (χ4v) is 2.94. The Hall–Kier alpha value is -2.20. The molecule has 2 N–H and O–H groups in total. The van der Waals surface area contributed by atoms with Crippen LogP contribution in [0.25, 0.3) is 0 Å². The van der Waals surface area contributed by atoms with Crippen LogP contribution in [0.1, 0.15) is 35.6 Å². The molecule has 0 radical (unpaired) electrons. The molecule has 0 aromatic heterocycles. The topological polar surface area (TPSA) is 41.6 Å². The molecule has 1 atom stereocenters. The Balaban J connectivity index is 1.97. The van der Waals surface area contributed by atoms with E-state index in [1.54, 1.807) is 0 Å². The third kappa shape index (κ3) is 3.27. The van der Waals surface area contributed by atoms with Crippen molar-refractivity contribution in [2.75, 3.05) is 11.6 Å². The molecule has 0 spiro atoms. The molecule has 0 saturated carbocycles. The first kappa shape index (κ1) is 15.7. The fraction of sp³-hybridized carbons (Fsp3) is 0.316. The number of hydrogen-bond acceptors (Lipinski definition) is 3. The number of aryl methyl sites for hydroxylation is 2. The van der Waals surface area contributed by atoms with Gasteiger partial charge in [0.05, 0.1) is 11.7 Å². The smallest absolute Gasteiger partial charge is 0.123 e. The number of nitrogens with two attached hydrogens (primary N) is 1. The van der Waals surface area contributed by atoms with E-state index in [1.165, 1.54) is 23.3 Å². The zero-order chi connectivity index (χ0) is 16.4. The van der Waals surface area contributed by atoms with Crippen LogP contribution >= 0.6 is 0 Å². The van der Waals surface area contributed by atoms with Crippen molar-refractivity contribution in [2.24, 2.45) is 10.8 Å². The third-order valence-electron chi connectivity index (χ3n) is 4.42. The predicted octanol–water partition coefficient (Wildman–Crippen LogP) is 4.10. The van der Waals surface area contributed by atoms with E-state index in [-0.39, 0.29) is 11.9 Å². The van der Waals surface area contributed by atoms with Gasteiger partial charge in [0.2, 0.25) is 0 Å². The largest absolute Gasteiger partial charge is 0.330 e. The zero-order valence-corrected chi connectivity index (χ0v) is 13.6. The molecule has 1 heterocycles. The van der Waals surface area contributed by atoms with Crippen LogP contribution in [0.5, 0.6) is 0 Å². The summed E-state index contributed by atoms with van der Waals surface area (Å²) in [6, 6.07) is 13.2. The number of anilines is 1. The minimum atomic E-state index is -0.215. The molecule has 23 heavy (non-hydrogen) atoms. The lowest BCUT2D eigenvalue weighted by molar-refractivity contribution is 0.624. The number of hydrogen-bond donors (Lipinski definition) is 1. The summed E-state index contributed by atoms with van der Waals surface area (Å²) in [6.45, 7) is 4.80. The van der Waals surface area contributed by atoms with Crippen LogP contribution in [-0.4, -0.2) is 12.3 Å². The normalized spacial score (nSPS) is 17.5. The van der Waals surface area contributed by atoms with Crippen LogP contribution in [0.2, 0.25) is 0 Å². The molecule has 0 aliphatic carbocycles. The molecule has 1 unspecified atom stereocenters. The Morgan fingerprint density at radius 2 is 1.87 bits per heavy atom. The van der Waals surface area contributed by atoms with Crippen molar-refractivity contribution in [1.29, 1.82) is 0 Å². The first-order valence-corrected chi connectivity index (χ1v) is 7.97. The van der Waals surface area contributed by atoms with Gasteiger partial charge in [-0.05, 0) is 67.8 Å². The second kappa shape index (κ2) is 6.50. The molecule has 2 aromatic carbocycles. The van der Waals surface area contributed by atoms with Crippen LogP contribution in [0, 0.1) is 19.7 Å². The van der Waals surface area contributed by atoms with Crippen molar-refractivity contribution >= 4 is 11.4 Å². The summed E-state index contributed by atoms with van der Waals surface area (Å²) >= 11 is 0. The minimum Gasteiger partial charge on any atom is -0.330 e. The predicted molar refractivity (Wildman–Crippen MR) is 93.3 cm³/mol. The van der Waals surface area contributed by atoms with E-state index in [0.717, 1.165) is 29.8 Å². The Morgan fingerprint density at radius 3 is 2.52 bits per heavy atom. The number of rotatable bonds is 4. The molecule has 0 amide bonds. The Kier molecular flexibility index (Phi) is 4.44. The lowest BCUT2D eigenvalue weighted by Gasteiger charge is -2.24. The standard InChI is InChI=1S/C19H22FN3/c1-13-3-8-18(11-14(13)2)23-19(12-17(22-23)9-10-21)15-4-6-16(20)7-5-15/h3-8,11,19H,9-10,12,21H2,1-2H3. The van der Waals surface area contributed by atoms with Crippen LogP contribution in [0.4, 0.5) is 10.1 Å². The van der Waals surface area contributed by atoms with Crippen molar-refractivity contribution < 1.29 is 4.39 Å². The van der Waals surface area contributed by atoms with E-state index >= 15 is 0 Å². The van der Waals surface area contributed by atoms with Gasteiger partial charge in [-0.1, -0.05) is 18.2 Å². The van der Waals surface area contributed by atoms with Gasteiger partial charge in [0.25, 0.3) is 0 Å². The highest BCUT2D eigenvalue weighted by atomic mass is 19.1. The van der Waals surface area contributed by atoms with Gasteiger partial charge in [-0.25, -0.2) is 4.39 Å². The minimum absolute atomic E-state index is 0.0965. The highest BCUT2D eigenvalue weighted by Crippen LogP contribution is 2.36. The average molecular weight is 311 g/mol. The first-order valence-electron chi connectivity index (χ1n) is 7.97. The lowest BCUT2D eigenvalue weighted by Crippen LogP contribution is -2.18. The second-order valence-electron chi connectivity index (χ2n) is 6.09. The van der Waals surface area contributed by atoms with E-state index in [9.17, 15) is 4.39 Å². The van der Waals surface area contributed by atoms with Crippen molar-refractivity contribution in [3.05, 3.63) is 65.0 Å². The van der Waals surface area contributed by atoms with Gasteiger partial charge in [0, 0.05) is 12.1 Å². The van der Waals surface area contributed by atoms with E-state index in [1.807, 2.05) is 17.1 Å². The molecule has 3 rings (SSSR count). The number of benzene rings is 2. The molecule has 4 heteroatoms. The maximum atomic E-state index is 13.2. The first-order chi connectivity index (χ1) is 11.1. The molecular formula is C19H22FN3. The molecule has 120 valence electrons. The molecule has 0 fully saturated rings. The zero-order valence-electron chi connectivity index (χ0n) is 13.6. The van der Waals surface area contributed by atoms with Crippen molar-refractivity contribution in [1.82, 2.24) is 0 Å². The summed E-state index contributed by atoms with van der Waals surface area (Å²) in [4.78, 5) is 0. The molecule has 2 aromatic rings. The molecule has 1 aliphatic heterocycles. The van der Waals surface area contributed by atoms with Gasteiger partial charge in [0.15, 0.2) is 0 Å². The van der Waals surface area contributed by atoms with Crippen molar-refractivity contribution in [3.8, 4) is 0 Å². The van der Waals surface area contributed by atoms with Gasteiger partial charge in [-0.15, -0.1) is 0 Å². The van der Waals surface area contributed by atoms with E-state index in [0.29, 0.717) is 6.54 Å². The lowest BCUT2D eigenvalue weighted by atomic mass is 10.00. The summed E-state index contributed by atoms with van der Waals surface area (Å²) < 4.78 is 13.2. The average Bonchev–Trinajstić information content (AvgIpc) is 2.95. The van der Waals surface area contributed by atoms with Gasteiger partial charge in [-0.2, -0.15) is 5.10 Å². The molecule has 3 nitrogen and oxygen atoms in total. The summed E-state index contributed by atoms with van der Waals surface area (Å²) in [5.74, 6) is -0.215. The van der Waals surface area contributed by atoms with Crippen LogP contribution in [0.3, 0.4) is 0 Å². The van der Waals surface area contributed by atoms with Crippen LogP contribution in [-0.2, 0) is 0 Å². The van der Waals surface area contributed by atoms with Crippen molar-refractivity contribution in [2.45, 2.75) is 32.7 Å². The maximum absolute atomic E-state index is 13.2. The number of halogens is 1. The summed E-state index contributed by atoms with van der Waals surface area (Å²) in [5.41, 5.74) is 11.4. The Morgan fingerprint density at radius 1 is 1.13 bits per heavy atom. The van der Waals surface area contributed by atoms with Crippen LogP contribution in [0.15, 0.2) is 47.6 Å². The fourth-order valence-electron chi connectivity index (χ4n) is 2.94. The highest BCUT2D eigenvalue weighted by Gasteiger charge is 2.28. The summed E-state index contributed by atoms with van der Waals surface area (Å²) in [5, 5.41) is 6.82. The van der Waals surface area contributed by atoms with E-state index in [2.05, 4.69) is 32.0 Å². The van der Waals surface area contributed by atoms with Crippen LogP contribution < -0.4 is 10.7 Å². The van der Waals surface area contributed by atoms with Gasteiger partial charge < -0.3 is 5.73 Å².